The molecule has 2 heterocycles. The Morgan fingerprint density at radius 1 is 1.26 bits per heavy atom. The van der Waals surface area contributed by atoms with E-state index in [1.54, 1.807) is 6.07 Å². The highest BCUT2D eigenvalue weighted by molar-refractivity contribution is 7.14. The molecule has 19 heavy (non-hydrogen) atoms. The number of nitrogens with zero attached hydrogens (tertiary/aromatic N) is 2. The molecule has 0 radical (unpaired) electrons. The van der Waals surface area contributed by atoms with Gasteiger partial charge in [0.05, 0.1) is 4.88 Å². The predicted octanol–water partition coefficient (Wildman–Crippen LogP) is 2.20. The van der Waals surface area contributed by atoms with Gasteiger partial charge in [-0.05, 0) is 33.8 Å². The predicted molar refractivity (Wildman–Crippen MR) is 80.7 cm³/mol. The second-order valence-electron chi connectivity index (χ2n) is 6.07. The van der Waals surface area contributed by atoms with Crippen LogP contribution in [0.4, 0.5) is 5.69 Å². The summed E-state index contributed by atoms with van der Waals surface area (Å²) in [5.41, 5.74) is 6.72. The minimum absolute atomic E-state index is 0.123. The molecule has 0 atom stereocenters. The zero-order valence-electron chi connectivity index (χ0n) is 12.2. The van der Waals surface area contributed by atoms with E-state index in [9.17, 15) is 4.79 Å². The van der Waals surface area contributed by atoms with Crippen LogP contribution in [0.1, 0.15) is 35.3 Å². The number of rotatable bonds is 1. The van der Waals surface area contributed by atoms with Crippen LogP contribution in [0.25, 0.3) is 0 Å². The molecule has 1 aromatic rings. The molecule has 0 aromatic carbocycles. The van der Waals surface area contributed by atoms with Crippen LogP contribution in [0.3, 0.4) is 0 Å². The minimum atomic E-state index is 0.123. The van der Waals surface area contributed by atoms with Crippen LogP contribution in [-0.2, 0) is 0 Å². The number of hydrogen-bond donors (Lipinski definition) is 1. The Kier molecular flexibility index (Phi) is 3.87. The molecule has 1 fully saturated rings. The van der Waals surface area contributed by atoms with E-state index >= 15 is 0 Å². The Balaban J connectivity index is 2.00. The number of thiophene rings is 1. The van der Waals surface area contributed by atoms with Crippen molar-refractivity contribution in [1.82, 2.24) is 9.80 Å². The van der Waals surface area contributed by atoms with Crippen LogP contribution in [0.15, 0.2) is 6.07 Å². The molecule has 4 nitrogen and oxygen atoms in total. The summed E-state index contributed by atoms with van der Waals surface area (Å²) in [4.78, 5) is 18.5. The van der Waals surface area contributed by atoms with E-state index in [1.165, 1.54) is 11.3 Å². The number of amides is 1. The Morgan fingerprint density at radius 3 is 2.26 bits per heavy atom. The van der Waals surface area contributed by atoms with E-state index < -0.39 is 0 Å². The second-order valence-corrected chi connectivity index (χ2v) is 7.33. The first-order chi connectivity index (χ1) is 8.79. The third kappa shape index (κ3) is 3.09. The summed E-state index contributed by atoms with van der Waals surface area (Å²) >= 11 is 1.49. The molecule has 0 bridgehead atoms. The van der Waals surface area contributed by atoms with E-state index in [0.29, 0.717) is 0 Å². The van der Waals surface area contributed by atoms with Crippen molar-refractivity contribution in [2.75, 3.05) is 31.9 Å². The van der Waals surface area contributed by atoms with Crippen molar-refractivity contribution in [1.29, 1.82) is 0 Å². The van der Waals surface area contributed by atoms with Gasteiger partial charge in [0, 0.05) is 42.3 Å². The van der Waals surface area contributed by atoms with Gasteiger partial charge in [-0.1, -0.05) is 0 Å². The number of carbonyl (C=O) groups is 1. The minimum Gasteiger partial charge on any atom is -0.398 e. The molecule has 1 saturated heterocycles. The summed E-state index contributed by atoms with van der Waals surface area (Å²) in [5, 5.41) is 0. The monoisotopic (exact) mass is 281 g/mol. The lowest BCUT2D eigenvalue weighted by molar-refractivity contribution is 0.0455. The van der Waals surface area contributed by atoms with E-state index in [4.69, 9.17) is 5.73 Å². The molecule has 1 aliphatic heterocycles. The molecule has 0 saturated carbocycles. The number of carbonyl (C=O) groups excluding carboxylic acids is 1. The van der Waals surface area contributed by atoms with Crippen LogP contribution < -0.4 is 5.73 Å². The first-order valence-electron chi connectivity index (χ1n) is 6.69. The van der Waals surface area contributed by atoms with Crippen LogP contribution in [0.5, 0.6) is 0 Å². The Hall–Kier alpha value is -1.07. The van der Waals surface area contributed by atoms with E-state index in [-0.39, 0.29) is 11.4 Å². The van der Waals surface area contributed by atoms with Crippen molar-refractivity contribution in [3.63, 3.8) is 0 Å². The lowest BCUT2D eigenvalue weighted by Crippen LogP contribution is -2.54. The average molecular weight is 281 g/mol. The second kappa shape index (κ2) is 5.13. The third-order valence-electron chi connectivity index (χ3n) is 3.68. The fourth-order valence-corrected chi connectivity index (χ4v) is 3.25. The zero-order valence-corrected chi connectivity index (χ0v) is 13.0. The molecule has 0 unspecified atom stereocenters. The van der Waals surface area contributed by atoms with Crippen LogP contribution >= 0.6 is 11.3 Å². The molecule has 5 heteroatoms. The first kappa shape index (κ1) is 14.3. The van der Waals surface area contributed by atoms with Crippen molar-refractivity contribution in [2.24, 2.45) is 0 Å². The van der Waals surface area contributed by atoms with E-state index in [1.807, 2.05) is 11.8 Å². The van der Waals surface area contributed by atoms with E-state index in [0.717, 1.165) is 41.6 Å². The fourth-order valence-electron chi connectivity index (χ4n) is 2.34. The lowest BCUT2D eigenvalue weighted by Gasteiger charge is -2.42. The van der Waals surface area contributed by atoms with Crippen molar-refractivity contribution >= 4 is 22.9 Å². The van der Waals surface area contributed by atoms with Crippen molar-refractivity contribution < 1.29 is 4.79 Å². The van der Waals surface area contributed by atoms with Gasteiger partial charge in [-0.3, -0.25) is 9.69 Å². The van der Waals surface area contributed by atoms with Crippen LogP contribution in [0.2, 0.25) is 0 Å². The third-order valence-corrected chi connectivity index (χ3v) is 4.74. The highest BCUT2D eigenvalue weighted by atomic mass is 32.1. The largest absolute Gasteiger partial charge is 0.398 e. The number of nitrogens with two attached hydrogens (primary N) is 1. The quantitative estimate of drug-likeness (QED) is 0.858. The summed E-state index contributed by atoms with van der Waals surface area (Å²) < 4.78 is 0. The maximum absolute atomic E-state index is 12.4. The number of aryl methyl sites for hydroxylation is 1. The molecular formula is C14H23N3OS. The Labute approximate surface area is 119 Å². The topological polar surface area (TPSA) is 49.6 Å². The standard InChI is InChI=1S/C14H23N3OS/c1-10-11(15)9-12(19-10)13(18)16-5-7-17(8-6-16)14(2,3)4/h9H,5-8,15H2,1-4H3. The van der Waals surface area contributed by atoms with Gasteiger partial charge < -0.3 is 10.6 Å². The van der Waals surface area contributed by atoms with Crippen molar-refractivity contribution in [3.05, 3.63) is 15.8 Å². The Bertz CT molecular complexity index is 448. The highest BCUT2D eigenvalue weighted by Gasteiger charge is 2.28. The van der Waals surface area contributed by atoms with Gasteiger partial charge in [0.15, 0.2) is 0 Å². The molecule has 0 aliphatic carbocycles. The molecular weight excluding hydrogens is 258 g/mol. The van der Waals surface area contributed by atoms with Gasteiger partial charge in [0.25, 0.3) is 5.91 Å². The summed E-state index contributed by atoms with van der Waals surface area (Å²) in [5.74, 6) is 0.123. The molecule has 1 amide bonds. The van der Waals surface area contributed by atoms with Gasteiger partial charge >= 0.3 is 0 Å². The van der Waals surface area contributed by atoms with Gasteiger partial charge in [0.2, 0.25) is 0 Å². The summed E-state index contributed by atoms with van der Waals surface area (Å²) in [6.07, 6.45) is 0. The fraction of sp³-hybridized carbons (Fsp3) is 0.643. The zero-order chi connectivity index (χ0) is 14.2. The maximum atomic E-state index is 12.4. The van der Waals surface area contributed by atoms with Gasteiger partial charge in [-0.2, -0.15) is 0 Å². The molecule has 1 aliphatic rings. The summed E-state index contributed by atoms with van der Waals surface area (Å²) in [6, 6.07) is 1.80. The van der Waals surface area contributed by atoms with Crippen LogP contribution in [0, 0.1) is 6.92 Å². The number of hydrogen-bond acceptors (Lipinski definition) is 4. The summed E-state index contributed by atoms with van der Waals surface area (Å²) in [6.45, 7) is 12.1. The summed E-state index contributed by atoms with van der Waals surface area (Å²) in [7, 11) is 0. The smallest absolute Gasteiger partial charge is 0.264 e. The molecule has 0 spiro atoms. The molecule has 1 aromatic heterocycles. The van der Waals surface area contributed by atoms with Gasteiger partial charge in [-0.25, -0.2) is 0 Å². The number of nitrogen functional groups attached to an aromatic ring is 1. The normalized spacial score (nSPS) is 17.8. The van der Waals surface area contributed by atoms with Crippen molar-refractivity contribution in [3.8, 4) is 0 Å². The first-order valence-corrected chi connectivity index (χ1v) is 7.51. The lowest BCUT2D eigenvalue weighted by atomic mass is 10.0. The molecule has 2 rings (SSSR count). The highest BCUT2D eigenvalue weighted by Crippen LogP contribution is 2.25. The number of piperazine rings is 1. The van der Waals surface area contributed by atoms with Gasteiger partial charge in [0.1, 0.15) is 0 Å². The Morgan fingerprint density at radius 2 is 1.84 bits per heavy atom. The molecule has 2 N–H and O–H groups in total. The number of anilines is 1. The average Bonchev–Trinajstić information content (AvgIpc) is 2.68. The van der Waals surface area contributed by atoms with Crippen molar-refractivity contribution in [2.45, 2.75) is 33.2 Å². The molecule has 106 valence electrons. The maximum Gasteiger partial charge on any atom is 0.264 e. The van der Waals surface area contributed by atoms with Gasteiger partial charge in [-0.15, -0.1) is 11.3 Å². The van der Waals surface area contributed by atoms with E-state index in [2.05, 4.69) is 25.7 Å². The SMILES string of the molecule is Cc1sc(C(=O)N2CCN(C(C)(C)C)CC2)cc1N. The van der Waals surface area contributed by atoms with Crippen LogP contribution in [-0.4, -0.2) is 47.4 Å².